The van der Waals surface area contributed by atoms with Crippen LogP contribution in [0.4, 0.5) is 0 Å². The average Bonchev–Trinajstić information content (AvgIpc) is 3.02. The number of likely N-dealkylation sites (tertiary alicyclic amines) is 1. The summed E-state index contributed by atoms with van der Waals surface area (Å²) in [5.41, 5.74) is 2.08. The molecule has 122 valence electrons. The number of carbonyl (C=O) groups is 1. The van der Waals surface area contributed by atoms with Crippen molar-refractivity contribution in [3.63, 3.8) is 0 Å². The van der Waals surface area contributed by atoms with Crippen LogP contribution in [0, 0.1) is 6.92 Å². The van der Waals surface area contributed by atoms with Gasteiger partial charge in [0.2, 0.25) is 17.6 Å². The second-order valence-electron chi connectivity index (χ2n) is 6.26. The van der Waals surface area contributed by atoms with E-state index in [2.05, 4.69) is 17.1 Å². The van der Waals surface area contributed by atoms with E-state index in [1.807, 2.05) is 36.1 Å². The second kappa shape index (κ2) is 6.94. The van der Waals surface area contributed by atoms with E-state index in [0.29, 0.717) is 30.6 Å². The van der Waals surface area contributed by atoms with Crippen molar-refractivity contribution >= 4 is 5.91 Å². The molecule has 1 aliphatic rings. The Morgan fingerprint density at radius 3 is 2.96 bits per heavy atom. The molecular formula is C18H23N3O2. The molecule has 0 bridgehead atoms. The van der Waals surface area contributed by atoms with Gasteiger partial charge >= 0.3 is 0 Å². The number of amides is 1. The van der Waals surface area contributed by atoms with Gasteiger partial charge in [-0.25, -0.2) is 0 Å². The molecule has 5 heteroatoms. The van der Waals surface area contributed by atoms with Gasteiger partial charge in [-0.1, -0.05) is 29.4 Å². The number of carbonyl (C=O) groups excluding carboxylic acids is 1. The SMILES string of the molecule is Cc1ccccc1-c1noc(CCC(=O)N2CCCC[C@@H]2C)n1. The molecule has 1 atom stereocenters. The molecule has 0 N–H and O–H groups in total. The fourth-order valence-electron chi connectivity index (χ4n) is 3.12. The molecule has 3 rings (SSSR count). The molecule has 0 radical (unpaired) electrons. The third-order valence-corrected chi connectivity index (χ3v) is 4.53. The third kappa shape index (κ3) is 3.60. The zero-order valence-corrected chi connectivity index (χ0v) is 13.8. The summed E-state index contributed by atoms with van der Waals surface area (Å²) in [6, 6.07) is 8.29. The lowest BCUT2D eigenvalue weighted by molar-refractivity contribution is -0.134. The Kier molecular flexibility index (Phi) is 4.74. The normalized spacial score (nSPS) is 18.2. The van der Waals surface area contributed by atoms with Gasteiger partial charge in [-0.3, -0.25) is 4.79 Å². The lowest BCUT2D eigenvalue weighted by Gasteiger charge is -2.33. The largest absolute Gasteiger partial charge is 0.340 e. The molecule has 2 aromatic rings. The van der Waals surface area contributed by atoms with Crippen LogP contribution in [-0.2, 0) is 11.2 Å². The van der Waals surface area contributed by atoms with E-state index in [-0.39, 0.29) is 5.91 Å². The van der Waals surface area contributed by atoms with Crippen LogP contribution in [-0.4, -0.2) is 33.5 Å². The molecule has 1 aromatic heterocycles. The van der Waals surface area contributed by atoms with Crippen LogP contribution in [0.1, 0.15) is 44.1 Å². The van der Waals surface area contributed by atoms with Crippen molar-refractivity contribution in [2.24, 2.45) is 0 Å². The summed E-state index contributed by atoms with van der Waals surface area (Å²) < 4.78 is 5.31. The van der Waals surface area contributed by atoms with Crippen LogP contribution >= 0.6 is 0 Å². The molecule has 1 amide bonds. The zero-order valence-electron chi connectivity index (χ0n) is 13.8. The zero-order chi connectivity index (χ0) is 16.2. The summed E-state index contributed by atoms with van der Waals surface area (Å²) >= 11 is 0. The Hall–Kier alpha value is -2.17. The number of rotatable bonds is 4. The van der Waals surface area contributed by atoms with Crippen LogP contribution in [0.5, 0.6) is 0 Å². The molecule has 0 saturated carbocycles. The highest BCUT2D eigenvalue weighted by Crippen LogP contribution is 2.21. The minimum Gasteiger partial charge on any atom is -0.340 e. The molecule has 1 aliphatic heterocycles. The van der Waals surface area contributed by atoms with Gasteiger partial charge in [0.25, 0.3) is 0 Å². The molecule has 23 heavy (non-hydrogen) atoms. The summed E-state index contributed by atoms with van der Waals surface area (Å²) in [5, 5.41) is 4.04. The van der Waals surface area contributed by atoms with Crippen molar-refractivity contribution in [1.82, 2.24) is 15.0 Å². The lowest BCUT2D eigenvalue weighted by atomic mass is 10.0. The van der Waals surface area contributed by atoms with Crippen molar-refractivity contribution in [2.75, 3.05) is 6.54 Å². The van der Waals surface area contributed by atoms with E-state index in [1.165, 1.54) is 6.42 Å². The first-order valence-corrected chi connectivity index (χ1v) is 8.33. The lowest BCUT2D eigenvalue weighted by Crippen LogP contribution is -2.42. The van der Waals surface area contributed by atoms with E-state index < -0.39 is 0 Å². The van der Waals surface area contributed by atoms with Gasteiger partial charge in [0.05, 0.1) is 0 Å². The molecule has 0 aliphatic carbocycles. The topological polar surface area (TPSA) is 59.2 Å². The quantitative estimate of drug-likeness (QED) is 0.868. The van der Waals surface area contributed by atoms with Gasteiger partial charge in [0.15, 0.2) is 0 Å². The van der Waals surface area contributed by atoms with E-state index in [1.54, 1.807) is 0 Å². The maximum atomic E-state index is 12.3. The highest BCUT2D eigenvalue weighted by Gasteiger charge is 2.23. The third-order valence-electron chi connectivity index (χ3n) is 4.53. The van der Waals surface area contributed by atoms with E-state index >= 15 is 0 Å². The van der Waals surface area contributed by atoms with Crippen LogP contribution in [0.15, 0.2) is 28.8 Å². The van der Waals surface area contributed by atoms with Crippen molar-refractivity contribution in [3.8, 4) is 11.4 Å². The highest BCUT2D eigenvalue weighted by molar-refractivity contribution is 5.76. The molecule has 5 nitrogen and oxygen atoms in total. The second-order valence-corrected chi connectivity index (χ2v) is 6.26. The Morgan fingerprint density at radius 2 is 2.17 bits per heavy atom. The van der Waals surface area contributed by atoms with Crippen molar-refractivity contribution in [1.29, 1.82) is 0 Å². The number of piperidine rings is 1. The Bertz CT molecular complexity index is 680. The summed E-state index contributed by atoms with van der Waals surface area (Å²) in [7, 11) is 0. The number of hydrogen-bond donors (Lipinski definition) is 0. The summed E-state index contributed by atoms with van der Waals surface area (Å²) in [5.74, 6) is 1.31. The monoisotopic (exact) mass is 313 g/mol. The van der Waals surface area contributed by atoms with Crippen LogP contribution < -0.4 is 0 Å². The predicted molar refractivity (Wildman–Crippen MR) is 87.8 cm³/mol. The van der Waals surface area contributed by atoms with E-state index in [4.69, 9.17) is 4.52 Å². The Balaban J connectivity index is 1.61. The molecule has 1 fully saturated rings. The standard InChI is InChI=1S/C18H23N3O2/c1-13-7-3-4-9-15(13)18-19-16(23-20-18)10-11-17(22)21-12-6-5-8-14(21)2/h3-4,7,9,14H,5-6,8,10-12H2,1-2H3/t14-/m0/s1. The van der Waals surface area contributed by atoms with Gasteiger partial charge in [-0.2, -0.15) is 4.98 Å². The van der Waals surface area contributed by atoms with E-state index in [9.17, 15) is 4.79 Å². The molecule has 1 aromatic carbocycles. The maximum Gasteiger partial charge on any atom is 0.227 e. The van der Waals surface area contributed by atoms with E-state index in [0.717, 1.165) is 30.5 Å². The van der Waals surface area contributed by atoms with Crippen molar-refractivity contribution < 1.29 is 9.32 Å². The summed E-state index contributed by atoms with van der Waals surface area (Å²) in [6.45, 7) is 5.02. The minimum atomic E-state index is 0.188. The van der Waals surface area contributed by atoms with Crippen LogP contribution in [0.2, 0.25) is 0 Å². The predicted octanol–water partition coefficient (Wildman–Crippen LogP) is 3.38. The van der Waals surface area contributed by atoms with Gasteiger partial charge in [0.1, 0.15) is 0 Å². The molecule has 2 heterocycles. The van der Waals surface area contributed by atoms with Crippen molar-refractivity contribution in [2.45, 2.75) is 52.0 Å². The number of benzene rings is 1. The smallest absolute Gasteiger partial charge is 0.227 e. The average molecular weight is 313 g/mol. The summed E-state index contributed by atoms with van der Waals surface area (Å²) in [6.07, 6.45) is 4.35. The minimum absolute atomic E-state index is 0.188. The molecule has 0 unspecified atom stereocenters. The summed E-state index contributed by atoms with van der Waals surface area (Å²) in [4.78, 5) is 18.8. The number of aromatic nitrogens is 2. The van der Waals surface area contributed by atoms with Crippen LogP contribution in [0.3, 0.4) is 0 Å². The van der Waals surface area contributed by atoms with Crippen LogP contribution in [0.25, 0.3) is 11.4 Å². The molecule has 0 spiro atoms. The first-order valence-electron chi connectivity index (χ1n) is 8.33. The first-order chi connectivity index (χ1) is 11.1. The molecule has 1 saturated heterocycles. The maximum absolute atomic E-state index is 12.3. The van der Waals surface area contributed by atoms with Gasteiger partial charge in [-0.15, -0.1) is 0 Å². The fourth-order valence-corrected chi connectivity index (χ4v) is 3.12. The first kappa shape index (κ1) is 15.7. The van der Waals surface area contributed by atoms with Gasteiger partial charge in [0, 0.05) is 31.0 Å². The Labute approximate surface area is 136 Å². The molecular weight excluding hydrogens is 290 g/mol. The number of nitrogens with zero attached hydrogens (tertiary/aromatic N) is 3. The number of hydrogen-bond acceptors (Lipinski definition) is 4. The number of aryl methyl sites for hydroxylation is 2. The highest BCUT2D eigenvalue weighted by atomic mass is 16.5. The van der Waals surface area contributed by atoms with Gasteiger partial charge < -0.3 is 9.42 Å². The van der Waals surface area contributed by atoms with Crippen molar-refractivity contribution in [3.05, 3.63) is 35.7 Å². The van der Waals surface area contributed by atoms with Gasteiger partial charge in [-0.05, 0) is 38.7 Å². The Morgan fingerprint density at radius 1 is 1.35 bits per heavy atom. The fraction of sp³-hybridized carbons (Fsp3) is 0.500.